The molecule has 1 N–H and O–H groups in total. The number of hydrogen-bond acceptors (Lipinski definition) is 1. The van der Waals surface area contributed by atoms with E-state index in [0.29, 0.717) is 15.8 Å². The second-order valence-electron chi connectivity index (χ2n) is 7.39. The van der Waals surface area contributed by atoms with E-state index >= 15 is 0 Å². The summed E-state index contributed by atoms with van der Waals surface area (Å²) in [4.78, 5) is 0. The van der Waals surface area contributed by atoms with E-state index in [9.17, 15) is 4.39 Å². The first kappa shape index (κ1) is 17.0. The van der Waals surface area contributed by atoms with E-state index < -0.39 is 0 Å². The van der Waals surface area contributed by atoms with Crippen LogP contribution in [-0.4, -0.2) is 7.05 Å². The van der Waals surface area contributed by atoms with Crippen molar-refractivity contribution >= 4 is 15.9 Å². The fourth-order valence-electron chi connectivity index (χ4n) is 3.72. The molecule has 1 unspecified atom stereocenters. The van der Waals surface area contributed by atoms with E-state index in [1.165, 1.54) is 25.7 Å². The number of benzene rings is 1. The van der Waals surface area contributed by atoms with Crippen LogP contribution in [0.2, 0.25) is 0 Å². The van der Waals surface area contributed by atoms with Gasteiger partial charge in [0.1, 0.15) is 5.82 Å². The summed E-state index contributed by atoms with van der Waals surface area (Å²) in [5.41, 5.74) is 1.19. The van der Waals surface area contributed by atoms with Crippen LogP contribution in [0.1, 0.15) is 58.1 Å². The van der Waals surface area contributed by atoms with Crippen molar-refractivity contribution in [2.45, 2.75) is 52.5 Å². The quantitative estimate of drug-likeness (QED) is 0.732. The Balaban J connectivity index is 2.12. The van der Waals surface area contributed by atoms with Gasteiger partial charge in [-0.2, -0.15) is 0 Å². The van der Waals surface area contributed by atoms with Gasteiger partial charge in [-0.3, -0.25) is 0 Å². The van der Waals surface area contributed by atoms with Gasteiger partial charge in [0.25, 0.3) is 0 Å². The zero-order valence-electron chi connectivity index (χ0n) is 13.5. The van der Waals surface area contributed by atoms with Crippen LogP contribution in [0, 0.1) is 23.1 Å². The van der Waals surface area contributed by atoms with Crippen LogP contribution in [0.4, 0.5) is 4.39 Å². The highest BCUT2D eigenvalue weighted by atomic mass is 79.9. The van der Waals surface area contributed by atoms with Gasteiger partial charge in [-0.15, -0.1) is 0 Å². The lowest BCUT2D eigenvalue weighted by molar-refractivity contribution is 0.133. The predicted molar refractivity (Wildman–Crippen MR) is 90.8 cm³/mol. The van der Waals surface area contributed by atoms with Gasteiger partial charge in [0.05, 0.1) is 4.47 Å². The van der Waals surface area contributed by atoms with Crippen LogP contribution < -0.4 is 5.32 Å². The molecule has 3 heteroatoms. The lowest BCUT2D eigenvalue weighted by Gasteiger charge is -2.39. The van der Waals surface area contributed by atoms with E-state index in [-0.39, 0.29) is 11.9 Å². The minimum atomic E-state index is -0.116. The first-order valence-electron chi connectivity index (χ1n) is 7.95. The highest BCUT2D eigenvalue weighted by Gasteiger charge is 2.33. The molecule has 2 rings (SSSR count). The van der Waals surface area contributed by atoms with E-state index in [1.54, 1.807) is 6.07 Å². The maximum Gasteiger partial charge on any atom is 0.142 e. The molecular weight excluding hydrogens is 329 g/mol. The maximum absolute atomic E-state index is 14.4. The van der Waals surface area contributed by atoms with Crippen molar-refractivity contribution in [3.63, 3.8) is 0 Å². The van der Waals surface area contributed by atoms with Crippen molar-refractivity contribution < 1.29 is 4.39 Å². The summed E-state index contributed by atoms with van der Waals surface area (Å²) >= 11 is 3.30. The second-order valence-corrected chi connectivity index (χ2v) is 8.24. The zero-order chi connectivity index (χ0) is 15.6. The van der Waals surface area contributed by atoms with Crippen LogP contribution in [0.25, 0.3) is 0 Å². The Bertz CT molecular complexity index is 473. The van der Waals surface area contributed by atoms with Crippen LogP contribution in [0.3, 0.4) is 0 Å². The molecule has 1 aliphatic carbocycles. The average Bonchev–Trinajstić information content (AvgIpc) is 2.44. The standard InChI is InChI=1S/C18H27BrFN/c1-18(2,3)13-10-8-12(9-11-13)17(21-4)14-6-5-7-15(19)16(14)20/h5-7,12-13,17,21H,8-11H2,1-4H3. The molecule has 1 aromatic carbocycles. The normalized spacial score (nSPS) is 24.9. The summed E-state index contributed by atoms with van der Waals surface area (Å²) in [6.07, 6.45) is 4.86. The Labute approximate surface area is 136 Å². The van der Waals surface area contributed by atoms with Crippen LogP contribution in [0.5, 0.6) is 0 Å². The molecule has 1 saturated carbocycles. The van der Waals surface area contributed by atoms with Crippen molar-refractivity contribution in [3.8, 4) is 0 Å². The number of hydrogen-bond donors (Lipinski definition) is 1. The van der Waals surface area contributed by atoms with Crippen LogP contribution in [-0.2, 0) is 0 Å². The van der Waals surface area contributed by atoms with Crippen molar-refractivity contribution in [2.24, 2.45) is 17.3 Å². The third-order valence-corrected chi connectivity index (χ3v) is 5.71. The smallest absolute Gasteiger partial charge is 0.142 e. The van der Waals surface area contributed by atoms with Gasteiger partial charge in [-0.1, -0.05) is 32.9 Å². The van der Waals surface area contributed by atoms with Gasteiger partial charge in [-0.25, -0.2) is 4.39 Å². The molecule has 1 aliphatic rings. The number of nitrogens with one attached hydrogen (secondary N) is 1. The molecule has 1 aromatic rings. The van der Waals surface area contributed by atoms with E-state index in [4.69, 9.17) is 0 Å². The van der Waals surface area contributed by atoms with Gasteiger partial charge >= 0.3 is 0 Å². The summed E-state index contributed by atoms with van der Waals surface area (Å²) < 4.78 is 14.9. The van der Waals surface area contributed by atoms with Gasteiger partial charge < -0.3 is 5.32 Å². The molecule has 0 aromatic heterocycles. The van der Waals surface area contributed by atoms with Gasteiger partial charge in [0, 0.05) is 11.6 Å². The molecule has 0 bridgehead atoms. The Morgan fingerprint density at radius 1 is 1.19 bits per heavy atom. The van der Waals surface area contributed by atoms with E-state index in [1.807, 2.05) is 19.2 Å². The molecular formula is C18H27BrFN. The summed E-state index contributed by atoms with van der Waals surface area (Å²) in [5, 5.41) is 3.35. The molecule has 0 aliphatic heterocycles. The summed E-state index contributed by atoms with van der Waals surface area (Å²) in [7, 11) is 1.95. The first-order chi connectivity index (χ1) is 9.84. The molecule has 1 atom stereocenters. The molecule has 0 amide bonds. The van der Waals surface area contributed by atoms with Gasteiger partial charge in [-0.05, 0) is 72.0 Å². The van der Waals surface area contributed by atoms with Crippen LogP contribution >= 0.6 is 15.9 Å². The third kappa shape index (κ3) is 3.87. The Morgan fingerprint density at radius 3 is 2.33 bits per heavy atom. The van der Waals surface area contributed by atoms with Crippen molar-refractivity contribution in [2.75, 3.05) is 7.05 Å². The Morgan fingerprint density at radius 2 is 1.81 bits per heavy atom. The fraction of sp³-hybridized carbons (Fsp3) is 0.667. The average molecular weight is 356 g/mol. The van der Waals surface area contributed by atoms with Crippen molar-refractivity contribution in [3.05, 3.63) is 34.1 Å². The maximum atomic E-state index is 14.4. The molecule has 0 spiro atoms. The minimum Gasteiger partial charge on any atom is -0.313 e. The SMILES string of the molecule is CNC(c1cccc(Br)c1F)C1CCC(C(C)(C)C)CC1. The van der Waals surface area contributed by atoms with E-state index in [0.717, 1.165) is 11.5 Å². The molecule has 118 valence electrons. The Kier molecular flexibility index (Phi) is 5.48. The zero-order valence-corrected chi connectivity index (χ0v) is 15.1. The third-order valence-electron chi connectivity index (χ3n) is 5.10. The van der Waals surface area contributed by atoms with Crippen molar-refractivity contribution in [1.82, 2.24) is 5.32 Å². The predicted octanol–water partition coefficient (Wildman–Crippen LogP) is 5.70. The molecule has 1 fully saturated rings. The van der Waals surface area contributed by atoms with Crippen molar-refractivity contribution in [1.29, 1.82) is 0 Å². The largest absolute Gasteiger partial charge is 0.313 e. The van der Waals surface area contributed by atoms with Gasteiger partial charge in [0.2, 0.25) is 0 Å². The number of rotatable bonds is 3. The minimum absolute atomic E-state index is 0.114. The Hall–Kier alpha value is -0.410. The van der Waals surface area contributed by atoms with E-state index in [2.05, 4.69) is 42.0 Å². The fourth-order valence-corrected chi connectivity index (χ4v) is 4.11. The molecule has 1 nitrogen and oxygen atoms in total. The number of halogens is 2. The second kappa shape index (κ2) is 6.78. The molecule has 0 heterocycles. The van der Waals surface area contributed by atoms with Crippen LogP contribution in [0.15, 0.2) is 22.7 Å². The van der Waals surface area contributed by atoms with Gasteiger partial charge in [0.15, 0.2) is 0 Å². The topological polar surface area (TPSA) is 12.0 Å². The lowest BCUT2D eigenvalue weighted by Crippen LogP contribution is -2.32. The highest BCUT2D eigenvalue weighted by Crippen LogP contribution is 2.43. The molecule has 21 heavy (non-hydrogen) atoms. The summed E-state index contributed by atoms with van der Waals surface area (Å²) in [6.45, 7) is 7.00. The summed E-state index contributed by atoms with van der Waals surface area (Å²) in [5.74, 6) is 1.20. The molecule has 0 saturated heterocycles. The first-order valence-corrected chi connectivity index (χ1v) is 8.75. The molecule has 0 radical (unpaired) electrons. The monoisotopic (exact) mass is 355 g/mol. The lowest BCUT2D eigenvalue weighted by atomic mass is 9.68. The highest BCUT2D eigenvalue weighted by molar-refractivity contribution is 9.10. The summed E-state index contributed by atoms with van der Waals surface area (Å²) in [6, 6.07) is 5.72.